The Morgan fingerprint density at radius 2 is 1.76 bits per heavy atom. The minimum absolute atomic E-state index is 0.330. The molecule has 33 heavy (non-hydrogen) atoms. The van der Waals surface area contributed by atoms with E-state index in [1.54, 1.807) is 30.6 Å². The van der Waals surface area contributed by atoms with Crippen LogP contribution in [0.4, 0.5) is 5.69 Å². The van der Waals surface area contributed by atoms with Crippen LogP contribution in [0.2, 0.25) is 0 Å². The van der Waals surface area contributed by atoms with E-state index in [9.17, 15) is 4.79 Å². The van der Waals surface area contributed by atoms with Gasteiger partial charge in [0.25, 0.3) is 5.91 Å². The second-order valence-corrected chi connectivity index (χ2v) is 6.96. The molecule has 2 heterocycles. The predicted octanol–water partition coefficient (Wildman–Crippen LogP) is 4.00. The third-order valence-electron chi connectivity index (χ3n) is 4.92. The fourth-order valence-corrected chi connectivity index (χ4v) is 3.30. The first-order valence-corrected chi connectivity index (χ1v) is 10.0. The van der Waals surface area contributed by atoms with E-state index in [1.807, 2.05) is 30.3 Å². The first-order chi connectivity index (χ1) is 16.1. The van der Waals surface area contributed by atoms with E-state index < -0.39 is 0 Å². The molecule has 0 aliphatic heterocycles. The number of rotatable bonds is 8. The summed E-state index contributed by atoms with van der Waals surface area (Å²) in [6.45, 7) is 0. The smallest absolute Gasteiger partial charge is 0.255 e. The highest BCUT2D eigenvalue weighted by Crippen LogP contribution is 2.38. The van der Waals surface area contributed by atoms with Gasteiger partial charge < -0.3 is 24.1 Å². The van der Waals surface area contributed by atoms with Gasteiger partial charge in [-0.2, -0.15) is 4.98 Å². The van der Waals surface area contributed by atoms with Gasteiger partial charge in [0.1, 0.15) is 0 Å². The summed E-state index contributed by atoms with van der Waals surface area (Å²) in [5.41, 5.74) is 2.56. The number of anilines is 1. The zero-order valence-electron chi connectivity index (χ0n) is 18.4. The number of benzene rings is 2. The molecule has 0 unspecified atom stereocenters. The maximum Gasteiger partial charge on any atom is 0.255 e. The number of ether oxygens (including phenoxy) is 3. The van der Waals surface area contributed by atoms with Gasteiger partial charge in [-0.25, -0.2) is 0 Å². The van der Waals surface area contributed by atoms with Crippen LogP contribution in [0.15, 0.2) is 65.4 Å². The quantitative estimate of drug-likeness (QED) is 0.433. The van der Waals surface area contributed by atoms with Crippen LogP contribution in [0, 0.1) is 0 Å². The Morgan fingerprint density at radius 3 is 2.42 bits per heavy atom. The summed E-state index contributed by atoms with van der Waals surface area (Å²) in [6.07, 6.45) is 3.69. The number of hydrogen-bond acceptors (Lipinski definition) is 8. The highest BCUT2D eigenvalue weighted by Gasteiger charge is 2.18. The van der Waals surface area contributed by atoms with Crippen molar-refractivity contribution >= 4 is 11.6 Å². The lowest BCUT2D eigenvalue weighted by Gasteiger charge is -2.15. The second kappa shape index (κ2) is 9.82. The molecule has 1 amide bonds. The second-order valence-electron chi connectivity index (χ2n) is 6.96. The Morgan fingerprint density at radius 1 is 1.00 bits per heavy atom. The maximum atomic E-state index is 13.0. The fourth-order valence-electron chi connectivity index (χ4n) is 3.30. The standard InChI is InChI=1S/C24H22N4O5/c1-30-19-11-17(12-20(31-2)22(19)32-3)24(29)26-18-9-5-4-7-15(18)13-21-27-23(28-33-21)16-8-6-10-25-14-16/h4-12,14H,13H2,1-3H3,(H,26,29). The largest absolute Gasteiger partial charge is 0.493 e. The third kappa shape index (κ3) is 4.77. The molecule has 9 nitrogen and oxygen atoms in total. The summed E-state index contributed by atoms with van der Waals surface area (Å²) in [6, 6.07) is 14.3. The summed E-state index contributed by atoms with van der Waals surface area (Å²) < 4.78 is 21.4. The topological polar surface area (TPSA) is 109 Å². The van der Waals surface area contributed by atoms with E-state index in [0.29, 0.717) is 46.6 Å². The molecule has 0 fully saturated rings. The Balaban J connectivity index is 1.56. The number of carbonyl (C=O) groups excluding carboxylic acids is 1. The Bertz CT molecular complexity index is 1230. The first kappa shape index (κ1) is 21.8. The summed E-state index contributed by atoms with van der Waals surface area (Å²) in [4.78, 5) is 21.5. The van der Waals surface area contributed by atoms with Crippen LogP contribution in [-0.4, -0.2) is 42.4 Å². The van der Waals surface area contributed by atoms with Crippen molar-refractivity contribution in [3.8, 4) is 28.6 Å². The van der Waals surface area contributed by atoms with Crippen LogP contribution in [0.25, 0.3) is 11.4 Å². The monoisotopic (exact) mass is 446 g/mol. The zero-order valence-corrected chi connectivity index (χ0v) is 18.4. The summed E-state index contributed by atoms with van der Waals surface area (Å²) >= 11 is 0. The van der Waals surface area contributed by atoms with Gasteiger partial charge in [-0.15, -0.1) is 0 Å². The molecule has 0 atom stereocenters. The molecule has 168 valence electrons. The molecule has 0 saturated heterocycles. The Labute approximate surface area is 190 Å². The normalized spacial score (nSPS) is 10.5. The SMILES string of the molecule is COc1cc(C(=O)Nc2ccccc2Cc2nc(-c3cccnc3)no2)cc(OC)c1OC. The number of carbonyl (C=O) groups is 1. The lowest BCUT2D eigenvalue weighted by molar-refractivity contribution is 0.102. The summed E-state index contributed by atoms with van der Waals surface area (Å²) in [5.74, 6) is 1.74. The van der Waals surface area contributed by atoms with E-state index in [-0.39, 0.29) is 5.91 Å². The van der Waals surface area contributed by atoms with E-state index in [0.717, 1.165) is 11.1 Å². The van der Waals surface area contributed by atoms with Crippen molar-refractivity contribution in [2.45, 2.75) is 6.42 Å². The summed E-state index contributed by atoms with van der Waals surface area (Å²) in [5, 5.41) is 6.96. The molecule has 1 N–H and O–H groups in total. The Hall–Kier alpha value is -4.40. The first-order valence-electron chi connectivity index (χ1n) is 10.0. The lowest BCUT2D eigenvalue weighted by Crippen LogP contribution is -2.14. The average Bonchev–Trinajstić information content (AvgIpc) is 3.33. The molecule has 0 aliphatic rings. The van der Waals surface area contributed by atoms with Crippen molar-refractivity contribution in [3.63, 3.8) is 0 Å². The highest BCUT2D eigenvalue weighted by atomic mass is 16.5. The molecular weight excluding hydrogens is 424 g/mol. The molecule has 0 spiro atoms. The van der Waals surface area contributed by atoms with E-state index in [1.165, 1.54) is 21.3 Å². The molecule has 0 radical (unpaired) electrons. The molecule has 0 bridgehead atoms. The molecule has 4 aromatic rings. The predicted molar refractivity (Wildman–Crippen MR) is 121 cm³/mol. The number of para-hydroxylation sites is 1. The van der Waals surface area contributed by atoms with Crippen LogP contribution < -0.4 is 19.5 Å². The third-order valence-corrected chi connectivity index (χ3v) is 4.92. The molecular formula is C24H22N4O5. The van der Waals surface area contributed by atoms with Crippen LogP contribution in [0.5, 0.6) is 17.2 Å². The zero-order chi connectivity index (χ0) is 23.2. The van der Waals surface area contributed by atoms with Crippen LogP contribution in [-0.2, 0) is 6.42 Å². The number of nitrogens with zero attached hydrogens (tertiary/aromatic N) is 3. The van der Waals surface area contributed by atoms with Crippen molar-refractivity contribution < 1.29 is 23.5 Å². The number of amides is 1. The van der Waals surface area contributed by atoms with Gasteiger partial charge in [0.2, 0.25) is 17.5 Å². The van der Waals surface area contributed by atoms with Gasteiger partial charge in [0.05, 0.1) is 27.8 Å². The minimum atomic E-state index is -0.330. The van der Waals surface area contributed by atoms with Gasteiger partial charge in [-0.1, -0.05) is 23.4 Å². The minimum Gasteiger partial charge on any atom is -0.493 e. The van der Waals surface area contributed by atoms with Crippen LogP contribution >= 0.6 is 0 Å². The van der Waals surface area contributed by atoms with Gasteiger partial charge in [-0.3, -0.25) is 9.78 Å². The van der Waals surface area contributed by atoms with Crippen molar-refractivity contribution in [2.75, 3.05) is 26.6 Å². The Kier molecular flexibility index (Phi) is 6.49. The van der Waals surface area contributed by atoms with Gasteiger partial charge in [-0.05, 0) is 35.9 Å². The molecule has 0 saturated carbocycles. The molecule has 4 rings (SSSR count). The van der Waals surface area contributed by atoms with Crippen LogP contribution in [0.1, 0.15) is 21.8 Å². The van der Waals surface area contributed by atoms with Crippen molar-refractivity contribution in [2.24, 2.45) is 0 Å². The van der Waals surface area contributed by atoms with Crippen molar-refractivity contribution in [3.05, 3.63) is 77.9 Å². The molecule has 9 heteroatoms. The molecule has 2 aromatic carbocycles. The molecule has 0 aliphatic carbocycles. The summed E-state index contributed by atoms with van der Waals surface area (Å²) in [7, 11) is 4.50. The van der Waals surface area contributed by atoms with E-state index in [2.05, 4.69) is 20.4 Å². The number of pyridine rings is 1. The highest BCUT2D eigenvalue weighted by molar-refractivity contribution is 6.05. The maximum absolute atomic E-state index is 13.0. The van der Waals surface area contributed by atoms with E-state index >= 15 is 0 Å². The van der Waals surface area contributed by atoms with Crippen LogP contribution in [0.3, 0.4) is 0 Å². The average molecular weight is 446 g/mol. The number of methoxy groups -OCH3 is 3. The lowest BCUT2D eigenvalue weighted by atomic mass is 10.1. The van der Waals surface area contributed by atoms with Crippen molar-refractivity contribution in [1.82, 2.24) is 15.1 Å². The fraction of sp³-hybridized carbons (Fsp3) is 0.167. The van der Waals surface area contributed by atoms with Gasteiger partial charge in [0, 0.05) is 29.2 Å². The number of hydrogen-bond donors (Lipinski definition) is 1. The van der Waals surface area contributed by atoms with Gasteiger partial charge in [0.15, 0.2) is 11.5 Å². The molecule has 2 aromatic heterocycles. The van der Waals surface area contributed by atoms with E-state index in [4.69, 9.17) is 18.7 Å². The number of aromatic nitrogens is 3. The van der Waals surface area contributed by atoms with Gasteiger partial charge >= 0.3 is 0 Å². The van der Waals surface area contributed by atoms with Crippen molar-refractivity contribution in [1.29, 1.82) is 0 Å². The number of nitrogens with one attached hydrogen (secondary N) is 1.